The van der Waals surface area contributed by atoms with Crippen LogP contribution in [-0.2, 0) is 23.9 Å². The molecule has 1 aliphatic heterocycles. The fourth-order valence-corrected chi connectivity index (χ4v) is 2.96. The summed E-state index contributed by atoms with van der Waals surface area (Å²) in [5, 5.41) is 2.41. The highest BCUT2D eigenvalue weighted by Crippen LogP contribution is 2.24. The van der Waals surface area contributed by atoms with E-state index in [1.165, 1.54) is 16.7 Å². The lowest BCUT2D eigenvalue weighted by atomic mass is 10.3. The Bertz CT molecular complexity index is 391. The molecule has 7 nitrogen and oxygen atoms in total. The number of amides is 3. The number of rotatable bonds is 11. The molecule has 22 heavy (non-hydrogen) atoms. The number of carbonyl (C=O) groups excluding carboxylic acids is 3. The molecular weight excluding hydrogens is 308 g/mol. The molecule has 0 radical (unpaired) electrons. The van der Waals surface area contributed by atoms with Gasteiger partial charge in [0.2, 0.25) is 17.7 Å². The minimum atomic E-state index is -0.283. The standard InChI is InChI=1S/C14H24N2O5S/c1-3-22-11-10-13(18)16(14(11)19)6-4-12(17)15-5-7-21-9-8-20-2/h11H,3-10H2,1-2H3,(H,15,17). The van der Waals surface area contributed by atoms with Crippen LogP contribution in [-0.4, -0.2) is 73.6 Å². The average molecular weight is 332 g/mol. The first kappa shape index (κ1) is 18.9. The Morgan fingerprint density at radius 3 is 2.82 bits per heavy atom. The second-order valence-electron chi connectivity index (χ2n) is 4.74. The molecule has 0 bridgehead atoms. The zero-order valence-corrected chi connectivity index (χ0v) is 13.9. The molecule has 1 N–H and O–H groups in total. The Morgan fingerprint density at radius 1 is 1.36 bits per heavy atom. The van der Waals surface area contributed by atoms with Gasteiger partial charge in [-0.15, -0.1) is 11.8 Å². The number of carbonyl (C=O) groups is 3. The lowest BCUT2D eigenvalue weighted by molar-refractivity contribution is -0.138. The van der Waals surface area contributed by atoms with E-state index in [0.29, 0.717) is 26.4 Å². The third-order valence-corrected chi connectivity index (χ3v) is 4.24. The van der Waals surface area contributed by atoms with Crippen molar-refractivity contribution >= 4 is 29.5 Å². The first-order valence-electron chi connectivity index (χ1n) is 7.39. The summed E-state index contributed by atoms with van der Waals surface area (Å²) < 4.78 is 10.0. The maximum atomic E-state index is 12.0. The molecule has 1 unspecified atom stereocenters. The molecule has 0 aromatic carbocycles. The summed E-state index contributed by atoms with van der Waals surface area (Å²) in [6.45, 7) is 3.91. The lowest BCUT2D eigenvalue weighted by Crippen LogP contribution is -2.36. The Balaban J connectivity index is 2.18. The van der Waals surface area contributed by atoms with Gasteiger partial charge in [-0.1, -0.05) is 6.92 Å². The number of nitrogens with zero attached hydrogens (tertiary/aromatic N) is 1. The minimum Gasteiger partial charge on any atom is -0.382 e. The molecule has 0 aromatic heterocycles. The molecule has 1 atom stereocenters. The fraction of sp³-hybridized carbons (Fsp3) is 0.786. The van der Waals surface area contributed by atoms with E-state index in [9.17, 15) is 14.4 Å². The van der Waals surface area contributed by atoms with Crippen molar-refractivity contribution in [2.24, 2.45) is 0 Å². The second kappa shape index (κ2) is 10.6. The van der Waals surface area contributed by atoms with Crippen molar-refractivity contribution in [1.29, 1.82) is 0 Å². The second-order valence-corrected chi connectivity index (χ2v) is 6.22. The minimum absolute atomic E-state index is 0.124. The number of ether oxygens (including phenoxy) is 2. The number of imide groups is 1. The van der Waals surface area contributed by atoms with Gasteiger partial charge in [0, 0.05) is 33.0 Å². The number of hydrogen-bond donors (Lipinski definition) is 1. The fourth-order valence-electron chi connectivity index (χ4n) is 2.03. The van der Waals surface area contributed by atoms with Gasteiger partial charge >= 0.3 is 0 Å². The summed E-state index contributed by atoms with van der Waals surface area (Å²) in [5.74, 6) is 0.239. The normalized spacial score (nSPS) is 18.1. The van der Waals surface area contributed by atoms with E-state index in [2.05, 4.69) is 5.32 Å². The van der Waals surface area contributed by atoms with Crippen molar-refractivity contribution in [1.82, 2.24) is 10.2 Å². The van der Waals surface area contributed by atoms with Gasteiger partial charge in [0.25, 0.3) is 0 Å². The van der Waals surface area contributed by atoms with E-state index in [-0.39, 0.29) is 42.4 Å². The highest BCUT2D eigenvalue weighted by atomic mass is 32.2. The molecule has 1 aliphatic rings. The predicted molar refractivity (Wildman–Crippen MR) is 83.6 cm³/mol. The van der Waals surface area contributed by atoms with E-state index in [0.717, 1.165) is 5.75 Å². The van der Waals surface area contributed by atoms with E-state index in [1.807, 2.05) is 6.92 Å². The highest BCUT2D eigenvalue weighted by molar-refractivity contribution is 8.00. The van der Waals surface area contributed by atoms with Gasteiger partial charge in [-0.3, -0.25) is 19.3 Å². The number of nitrogens with one attached hydrogen (secondary N) is 1. The number of methoxy groups -OCH3 is 1. The summed E-state index contributed by atoms with van der Waals surface area (Å²) in [6.07, 6.45) is 0.366. The van der Waals surface area contributed by atoms with Crippen LogP contribution in [0.2, 0.25) is 0 Å². The van der Waals surface area contributed by atoms with E-state index in [1.54, 1.807) is 7.11 Å². The number of thioether (sulfide) groups is 1. The number of likely N-dealkylation sites (tertiary alicyclic amines) is 1. The molecule has 1 heterocycles. The summed E-state index contributed by atoms with van der Waals surface area (Å²) in [4.78, 5) is 36.6. The largest absolute Gasteiger partial charge is 0.382 e. The molecule has 0 aromatic rings. The average Bonchev–Trinajstić information content (AvgIpc) is 2.75. The molecule has 8 heteroatoms. The molecular formula is C14H24N2O5S. The Kier molecular flexibility index (Phi) is 9.10. The van der Waals surface area contributed by atoms with Crippen molar-refractivity contribution in [3.8, 4) is 0 Å². The van der Waals surface area contributed by atoms with Gasteiger partial charge in [0.1, 0.15) is 0 Å². The Morgan fingerprint density at radius 2 is 2.14 bits per heavy atom. The zero-order chi connectivity index (χ0) is 16.4. The first-order chi connectivity index (χ1) is 10.6. The highest BCUT2D eigenvalue weighted by Gasteiger charge is 2.38. The summed E-state index contributed by atoms with van der Waals surface area (Å²) in [5.41, 5.74) is 0. The molecule has 0 spiro atoms. The van der Waals surface area contributed by atoms with Gasteiger partial charge in [-0.25, -0.2) is 0 Å². The lowest BCUT2D eigenvalue weighted by Gasteiger charge is -2.14. The van der Waals surface area contributed by atoms with E-state index in [4.69, 9.17) is 9.47 Å². The van der Waals surface area contributed by atoms with Crippen LogP contribution in [0.3, 0.4) is 0 Å². The Labute approximate surface area is 135 Å². The molecule has 3 amide bonds. The maximum absolute atomic E-state index is 12.0. The summed E-state index contributed by atoms with van der Waals surface area (Å²) >= 11 is 1.47. The van der Waals surface area contributed by atoms with Crippen LogP contribution in [0.1, 0.15) is 19.8 Å². The molecule has 1 fully saturated rings. The van der Waals surface area contributed by atoms with Gasteiger partial charge < -0.3 is 14.8 Å². The van der Waals surface area contributed by atoms with Crippen LogP contribution in [0, 0.1) is 0 Å². The van der Waals surface area contributed by atoms with Crippen LogP contribution in [0.25, 0.3) is 0 Å². The smallest absolute Gasteiger partial charge is 0.242 e. The molecule has 0 saturated carbocycles. The first-order valence-corrected chi connectivity index (χ1v) is 8.44. The van der Waals surface area contributed by atoms with Crippen molar-refractivity contribution < 1.29 is 23.9 Å². The SMILES string of the molecule is CCSC1CC(=O)N(CCC(=O)NCCOCCOC)C1=O. The van der Waals surface area contributed by atoms with Crippen LogP contribution in [0.15, 0.2) is 0 Å². The van der Waals surface area contributed by atoms with Gasteiger partial charge in [-0.2, -0.15) is 0 Å². The van der Waals surface area contributed by atoms with Crippen LogP contribution in [0.5, 0.6) is 0 Å². The molecule has 0 aliphatic carbocycles. The van der Waals surface area contributed by atoms with Crippen LogP contribution < -0.4 is 5.32 Å². The van der Waals surface area contributed by atoms with Gasteiger partial charge in [-0.05, 0) is 5.75 Å². The zero-order valence-electron chi connectivity index (χ0n) is 13.1. The third kappa shape index (κ3) is 6.33. The molecule has 1 saturated heterocycles. The summed E-state index contributed by atoms with van der Waals surface area (Å²) in [7, 11) is 1.59. The van der Waals surface area contributed by atoms with Crippen molar-refractivity contribution in [2.45, 2.75) is 25.0 Å². The Hall–Kier alpha value is -1.12. The molecule has 1 rings (SSSR count). The van der Waals surface area contributed by atoms with Crippen LogP contribution >= 0.6 is 11.8 Å². The monoisotopic (exact) mass is 332 g/mol. The summed E-state index contributed by atoms with van der Waals surface area (Å²) in [6, 6.07) is 0. The number of hydrogen-bond acceptors (Lipinski definition) is 6. The van der Waals surface area contributed by atoms with Crippen molar-refractivity contribution in [2.75, 3.05) is 45.8 Å². The van der Waals surface area contributed by atoms with Gasteiger partial charge in [0.15, 0.2) is 0 Å². The van der Waals surface area contributed by atoms with E-state index < -0.39 is 0 Å². The quantitative estimate of drug-likeness (QED) is 0.425. The van der Waals surface area contributed by atoms with E-state index >= 15 is 0 Å². The van der Waals surface area contributed by atoms with Gasteiger partial charge in [0.05, 0.1) is 25.1 Å². The van der Waals surface area contributed by atoms with Crippen LogP contribution in [0.4, 0.5) is 0 Å². The predicted octanol–water partition coefficient (Wildman–Crippen LogP) is 0.0363. The van der Waals surface area contributed by atoms with Crippen molar-refractivity contribution in [3.05, 3.63) is 0 Å². The maximum Gasteiger partial charge on any atom is 0.242 e. The molecule has 126 valence electrons. The third-order valence-electron chi connectivity index (χ3n) is 3.13. The topological polar surface area (TPSA) is 84.9 Å². The van der Waals surface area contributed by atoms with Crippen molar-refractivity contribution in [3.63, 3.8) is 0 Å².